The van der Waals surface area contributed by atoms with Gasteiger partial charge in [-0.2, -0.15) is 0 Å². The van der Waals surface area contributed by atoms with Crippen molar-refractivity contribution in [2.75, 3.05) is 26.2 Å². The fourth-order valence-electron chi connectivity index (χ4n) is 19.0. The van der Waals surface area contributed by atoms with Gasteiger partial charge in [-0.15, -0.1) is 0 Å². The number of fused-ring (bicyclic) bond motifs is 4. The van der Waals surface area contributed by atoms with E-state index in [-0.39, 0.29) is 114 Å². The summed E-state index contributed by atoms with van der Waals surface area (Å²) >= 11 is 0. The molecule has 8 saturated carbocycles. The van der Waals surface area contributed by atoms with Crippen LogP contribution in [-0.4, -0.2) is 120 Å². The topological polar surface area (TPSA) is 126 Å². The molecule has 8 bridgehead atoms. The molecule has 10 aliphatic carbocycles. The number of aromatic hydroxyl groups is 2. The molecule has 2 aromatic carbocycles. The first-order valence-electron chi connectivity index (χ1n) is 26.6. The fourth-order valence-corrected chi connectivity index (χ4v) is 19.0. The van der Waals surface area contributed by atoms with E-state index in [1.807, 2.05) is 13.0 Å². The summed E-state index contributed by atoms with van der Waals surface area (Å²) in [5.74, 6) is 3.54. The molecule has 9 nitrogen and oxygen atoms in total. The largest absolute Gasteiger partial charge is 1.00 e. The van der Waals surface area contributed by atoms with Gasteiger partial charge in [0.25, 0.3) is 0 Å². The van der Waals surface area contributed by atoms with Gasteiger partial charge in [-0.05, 0) is 169 Å². The number of hydrogen-bond donors (Lipinski definition) is 5. The van der Waals surface area contributed by atoms with Crippen molar-refractivity contribution in [2.45, 2.75) is 219 Å². The first kappa shape index (κ1) is 53.4. The Labute approximate surface area is 445 Å². The van der Waals surface area contributed by atoms with Crippen LogP contribution in [0.25, 0.3) is 0 Å². The van der Waals surface area contributed by atoms with Crippen molar-refractivity contribution in [3.05, 3.63) is 46.5 Å². The molecule has 2 aromatic rings. The standard InChI is InChI=1S/C29H41NO3.C28H39NO4.2CH4.Al.Li.4H/c1-25(2,3)27(5,32)20-15-28-11-10-26(20,4)24-29(28)12-13-30(16-17-6-7-17)21(28)14-18-8-9-19(31)23(33-24)22(18)29;1-24(2,3)25(4,31)19-14-26-9-10-28(19,32)23-27(26)11-12-29(15-16-5-6-16)20(26)13-17-7-8-18(30)22(33-23)21(17)27;;;;;;;;/h8-9,17,20-21,24,31-32H,6-7,10-16H2,1-5H3;7-8,16,19-20,23,30-32H,5-6,9-15H2,1-4H3;2*1H4;;;;;;/q;;;;;+1;;;;-1/t20-,21+,24-,26?,27-,28+,29-;19-,20-,23-,25+,26-,27+,28?;;;;;;;;/m01......../s1. The molecule has 14 atom stereocenters. The van der Waals surface area contributed by atoms with Crippen LogP contribution in [0.4, 0.5) is 0 Å². The summed E-state index contributed by atoms with van der Waals surface area (Å²) < 4.78 is 13.6. The van der Waals surface area contributed by atoms with Crippen molar-refractivity contribution in [3.8, 4) is 23.0 Å². The fraction of sp³-hybridized carbons (Fsp3) is 0.797. The van der Waals surface area contributed by atoms with Gasteiger partial charge in [0.1, 0.15) is 17.8 Å². The van der Waals surface area contributed by atoms with Crippen molar-refractivity contribution >= 4 is 17.4 Å². The predicted octanol–water partition coefficient (Wildman–Crippen LogP) is 6.00. The summed E-state index contributed by atoms with van der Waals surface area (Å²) in [4.78, 5) is 5.62. The van der Waals surface area contributed by atoms with Crippen molar-refractivity contribution in [2.24, 2.45) is 50.7 Å². The molecule has 10 fully saturated rings. The zero-order valence-corrected chi connectivity index (χ0v) is 42.6. The molecule has 0 amide bonds. The summed E-state index contributed by atoms with van der Waals surface area (Å²) in [6, 6.07) is 8.88. The Kier molecular flexibility index (Phi) is 12.2. The van der Waals surface area contributed by atoms with Gasteiger partial charge in [0, 0.05) is 69.3 Å². The molecule has 11 heteroatoms. The quantitative estimate of drug-likeness (QED) is 0.222. The first-order chi connectivity index (χ1) is 30.9. The first-order valence-corrected chi connectivity index (χ1v) is 26.6. The van der Waals surface area contributed by atoms with Crippen LogP contribution in [0.15, 0.2) is 24.3 Å². The molecular formula is C59H92AlLiN2O7. The summed E-state index contributed by atoms with van der Waals surface area (Å²) in [5, 5.41) is 58.4. The van der Waals surface area contributed by atoms with E-state index >= 15 is 0 Å². The molecule has 14 aliphatic rings. The maximum atomic E-state index is 12.5. The zero-order chi connectivity index (χ0) is 46.4. The van der Waals surface area contributed by atoms with E-state index in [2.05, 4.69) is 77.3 Å². The minimum Gasteiger partial charge on any atom is -1.00 e. The van der Waals surface area contributed by atoms with Gasteiger partial charge >= 0.3 is 18.9 Å². The number of ether oxygens (including phenoxy) is 2. The number of phenolic OH excluding ortho intramolecular Hbond substituents is 2. The van der Waals surface area contributed by atoms with Gasteiger partial charge in [-0.1, -0.05) is 75.5 Å². The minimum atomic E-state index is -1.11. The average molecular weight is 975 g/mol. The van der Waals surface area contributed by atoms with E-state index in [9.17, 15) is 25.5 Å². The SMILES string of the molecule is C.C.CC(C)(C)[C@@](C)(O)[C@H]1C[C@@]23CCC1(O)[C@@H]1Oc4c(O)ccc5c4[C@@]12CCN(CC1CC1)[C@@H]3C5.CC12CC[C@@]3(C[C@@H]1[C@](C)(O)C(C)(C)C)[C@H]1Cc4ccc(O)c5c4[C@@]3(CCN1CC1CC1)[C@H]2O5.[AlH3].[H-].[Li+]. The minimum absolute atomic E-state index is 0. The van der Waals surface area contributed by atoms with E-state index in [0.717, 1.165) is 82.0 Å². The van der Waals surface area contributed by atoms with Crippen LogP contribution in [0.1, 0.15) is 178 Å². The molecule has 70 heavy (non-hydrogen) atoms. The van der Waals surface area contributed by atoms with E-state index < -0.39 is 22.9 Å². The second-order valence-corrected chi connectivity index (χ2v) is 27.8. The smallest absolute Gasteiger partial charge is 1.00 e. The second-order valence-electron chi connectivity index (χ2n) is 27.8. The normalized spacial score (nSPS) is 42.3. The Bertz CT molecular complexity index is 2270. The third kappa shape index (κ3) is 6.22. The third-order valence-corrected chi connectivity index (χ3v) is 23.5. The van der Waals surface area contributed by atoms with Gasteiger partial charge in [-0.3, -0.25) is 9.80 Å². The Hall–Kier alpha value is -1.43. The average Bonchev–Trinajstić information content (AvgIpc) is 4.18. The third-order valence-electron chi connectivity index (χ3n) is 23.5. The molecule has 16 rings (SSSR count). The Morgan fingerprint density at radius 2 is 1.03 bits per heavy atom. The van der Waals surface area contributed by atoms with Crippen LogP contribution in [0.2, 0.25) is 0 Å². The monoisotopic (exact) mass is 975 g/mol. The van der Waals surface area contributed by atoms with Gasteiger partial charge in [0.2, 0.25) is 0 Å². The van der Waals surface area contributed by atoms with Gasteiger partial charge in [0.15, 0.2) is 40.4 Å². The van der Waals surface area contributed by atoms with Gasteiger partial charge in [-0.25, -0.2) is 0 Å². The number of piperidine rings is 2. The molecule has 0 aromatic heterocycles. The van der Waals surface area contributed by atoms with Crippen LogP contribution in [0.3, 0.4) is 0 Å². The molecule has 4 heterocycles. The van der Waals surface area contributed by atoms with Gasteiger partial charge in [0.05, 0.1) is 11.2 Å². The molecule has 2 unspecified atom stereocenters. The van der Waals surface area contributed by atoms with Crippen LogP contribution in [0.5, 0.6) is 23.0 Å². The maximum Gasteiger partial charge on any atom is 1.00 e. The van der Waals surface area contributed by atoms with E-state index in [1.54, 1.807) is 6.07 Å². The van der Waals surface area contributed by atoms with Crippen molar-refractivity contribution in [1.29, 1.82) is 0 Å². The molecule has 0 radical (unpaired) electrons. The molecular weight excluding hydrogens is 883 g/mol. The van der Waals surface area contributed by atoms with Gasteiger partial charge < -0.3 is 36.4 Å². The maximum absolute atomic E-state index is 12.5. The Morgan fingerprint density at radius 3 is 1.49 bits per heavy atom. The van der Waals surface area contributed by atoms with Crippen molar-refractivity contribution in [1.82, 2.24) is 9.80 Å². The zero-order valence-electron chi connectivity index (χ0n) is 43.6. The summed E-state index contributed by atoms with van der Waals surface area (Å²) in [6.07, 6.45) is 15.1. The Morgan fingerprint density at radius 1 is 0.614 bits per heavy atom. The number of nitrogens with zero attached hydrogens (tertiary/aromatic N) is 2. The number of hydrogen-bond acceptors (Lipinski definition) is 9. The second kappa shape index (κ2) is 16.1. The summed E-state index contributed by atoms with van der Waals surface area (Å²) in [7, 11) is 0. The van der Waals surface area contributed by atoms with Crippen LogP contribution in [-0.2, 0) is 23.7 Å². The number of benzene rings is 2. The number of phenols is 2. The number of likely N-dealkylation sites (tertiary alicyclic amines) is 2. The van der Waals surface area contributed by atoms with E-state index in [1.165, 1.54) is 67.4 Å². The van der Waals surface area contributed by atoms with E-state index in [0.29, 0.717) is 30.0 Å². The summed E-state index contributed by atoms with van der Waals surface area (Å²) in [5.41, 5.74) is 1.44. The van der Waals surface area contributed by atoms with Crippen LogP contribution in [0, 0.1) is 50.7 Å². The molecule has 5 N–H and O–H groups in total. The molecule has 2 saturated heterocycles. The molecule has 384 valence electrons. The van der Waals surface area contributed by atoms with Crippen molar-refractivity contribution in [3.63, 3.8) is 0 Å². The number of rotatable bonds is 6. The molecule has 4 spiro atoms. The van der Waals surface area contributed by atoms with Crippen LogP contribution >= 0.6 is 0 Å². The number of aliphatic hydroxyl groups is 3. The molecule has 4 aliphatic heterocycles. The summed E-state index contributed by atoms with van der Waals surface area (Å²) in [6.45, 7) is 23.9. The Balaban J connectivity index is 0.000000178. The van der Waals surface area contributed by atoms with Crippen molar-refractivity contribution < 1.29 is 55.3 Å². The predicted molar refractivity (Wildman–Crippen MR) is 278 cm³/mol. The van der Waals surface area contributed by atoms with Crippen LogP contribution < -0.4 is 28.3 Å². The van der Waals surface area contributed by atoms with E-state index in [4.69, 9.17) is 9.47 Å².